The molecule has 1 amide bonds. The van der Waals surface area contributed by atoms with Crippen LogP contribution in [0.4, 0.5) is 9.18 Å². The molecule has 134 valence electrons. The quantitative estimate of drug-likeness (QED) is 0.771. The van der Waals surface area contributed by atoms with E-state index in [0.717, 1.165) is 24.0 Å². The number of aryl methyl sites for hydroxylation is 1. The molecule has 1 saturated heterocycles. The summed E-state index contributed by atoms with van der Waals surface area (Å²) in [7, 11) is 0. The van der Waals surface area contributed by atoms with Crippen LogP contribution in [-0.4, -0.2) is 23.1 Å². The molecule has 0 saturated carbocycles. The first-order chi connectivity index (χ1) is 12.6. The summed E-state index contributed by atoms with van der Waals surface area (Å²) in [6, 6.07) is 15.3. The molecule has 0 N–H and O–H groups in total. The van der Waals surface area contributed by atoms with Gasteiger partial charge < -0.3 is 4.74 Å². The second kappa shape index (κ2) is 6.94. The molecule has 2 heterocycles. The number of hydrogen-bond donors (Lipinski definition) is 0. The third kappa shape index (κ3) is 3.12. The first-order valence-corrected chi connectivity index (χ1v) is 9.08. The lowest BCUT2D eigenvalue weighted by molar-refractivity contribution is 0.0832. The van der Waals surface area contributed by atoms with Gasteiger partial charge in [0.05, 0.1) is 6.04 Å². The van der Waals surface area contributed by atoms with Gasteiger partial charge in [-0.2, -0.15) is 0 Å². The van der Waals surface area contributed by atoms with Gasteiger partial charge in [0, 0.05) is 11.6 Å². The fraction of sp³-hybridized carbons (Fsp3) is 0.318. The molecule has 0 aliphatic carbocycles. The number of carbonyl (C=O) groups excluding carboxylic acids is 1. The lowest BCUT2D eigenvalue weighted by atomic mass is 9.93. The molecule has 26 heavy (non-hydrogen) atoms. The van der Waals surface area contributed by atoms with Crippen LogP contribution in [-0.2, 0) is 11.3 Å². The van der Waals surface area contributed by atoms with Gasteiger partial charge in [0.25, 0.3) is 0 Å². The van der Waals surface area contributed by atoms with E-state index in [-0.39, 0.29) is 30.6 Å². The molecule has 2 bridgehead atoms. The highest BCUT2D eigenvalue weighted by Gasteiger charge is 2.41. The predicted octanol–water partition coefficient (Wildman–Crippen LogP) is 5.09. The maximum atomic E-state index is 14.5. The molecule has 2 aromatic rings. The number of ether oxygens (including phenoxy) is 1. The molecule has 2 unspecified atom stereocenters. The molecular weight excluding hydrogens is 329 g/mol. The molecular formula is C22H22FNO2. The summed E-state index contributed by atoms with van der Waals surface area (Å²) < 4.78 is 20.0. The second-order valence-corrected chi connectivity index (χ2v) is 7.08. The molecule has 0 aromatic heterocycles. The van der Waals surface area contributed by atoms with Crippen LogP contribution in [0.5, 0.6) is 0 Å². The van der Waals surface area contributed by atoms with Crippen LogP contribution in [0.1, 0.15) is 36.0 Å². The van der Waals surface area contributed by atoms with Gasteiger partial charge in [-0.25, -0.2) is 9.18 Å². The van der Waals surface area contributed by atoms with Gasteiger partial charge >= 0.3 is 6.09 Å². The molecule has 4 rings (SSSR count). The van der Waals surface area contributed by atoms with Gasteiger partial charge in [0.15, 0.2) is 0 Å². The van der Waals surface area contributed by atoms with Crippen LogP contribution in [0.25, 0.3) is 5.57 Å². The Kier molecular flexibility index (Phi) is 4.49. The van der Waals surface area contributed by atoms with E-state index in [1.165, 1.54) is 0 Å². The van der Waals surface area contributed by atoms with E-state index in [2.05, 4.69) is 0 Å². The minimum absolute atomic E-state index is 0.00747. The third-order valence-corrected chi connectivity index (χ3v) is 5.35. The van der Waals surface area contributed by atoms with Crippen molar-refractivity contribution in [2.24, 2.45) is 0 Å². The molecule has 0 spiro atoms. The van der Waals surface area contributed by atoms with Crippen LogP contribution >= 0.6 is 0 Å². The summed E-state index contributed by atoms with van der Waals surface area (Å²) in [5.74, 6) is -0.154. The maximum absolute atomic E-state index is 14.5. The van der Waals surface area contributed by atoms with Crippen molar-refractivity contribution in [1.29, 1.82) is 0 Å². The zero-order valence-electron chi connectivity index (χ0n) is 14.8. The monoisotopic (exact) mass is 351 g/mol. The van der Waals surface area contributed by atoms with Crippen molar-refractivity contribution >= 4 is 11.7 Å². The van der Waals surface area contributed by atoms with Crippen LogP contribution in [0.3, 0.4) is 0 Å². The maximum Gasteiger partial charge on any atom is 0.410 e. The zero-order chi connectivity index (χ0) is 18.1. The Balaban J connectivity index is 1.50. The smallest absolute Gasteiger partial charge is 0.410 e. The van der Waals surface area contributed by atoms with Gasteiger partial charge in [-0.1, -0.05) is 54.6 Å². The normalized spacial score (nSPS) is 21.5. The fourth-order valence-electron chi connectivity index (χ4n) is 4.00. The standard InChI is InChI=1S/C22H22FNO2/c1-15-6-5-9-20(21(15)23)17-12-18-10-11-19(13-17)24(18)22(25)26-14-16-7-3-2-4-8-16/h2-9,12,18-19H,10-11,13-14H2,1H3. The van der Waals surface area contributed by atoms with E-state index in [1.807, 2.05) is 53.4 Å². The molecule has 0 radical (unpaired) electrons. The van der Waals surface area contributed by atoms with E-state index >= 15 is 0 Å². The van der Waals surface area contributed by atoms with Gasteiger partial charge in [0.2, 0.25) is 0 Å². The Labute approximate surface area is 153 Å². The lowest BCUT2D eigenvalue weighted by Gasteiger charge is -2.33. The minimum atomic E-state index is -0.277. The Morgan fingerprint density at radius 1 is 1.15 bits per heavy atom. The average molecular weight is 351 g/mol. The van der Waals surface area contributed by atoms with E-state index in [9.17, 15) is 9.18 Å². The number of fused-ring (bicyclic) bond motifs is 2. The summed E-state index contributed by atoms with van der Waals surface area (Å²) in [5, 5.41) is 0. The Bertz CT molecular complexity index is 846. The number of hydrogen-bond acceptors (Lipinski definition) is 2. The summed E-state index contributed by atoms with van der Waals surface area (Å²) in [6.07, 6.45) is 4.28. The van der Waals surface area contributed by atoms with Crippen molar-refractivity contribution in [3.8, 4) is 0 Å². The Morgan fingerprint density at radius 3 is 2.73 bits per heavy atom. The van der Waals surface area contributed by atoms with Gasteiger partial charge in [-0.15, -0.1) is 0 Å². The van der Waals surface area contributed by atoms with Gasteiger partial charge in [-0.3, -0.25) is 4.90 Å². The summed E-state index contributed by atoms with van der Waals surface area (Å²) in [5.41, 5.74) is 3.30. The van der Waals surface area contributed by atoms with Crippen molar-refractivity contribution < 1.29 is 13.9 Å². The minimum Gasteiger partial charge on any atom is -0.445 e. The van der Waals surface area contributed by atoms with E-state index < -0.39 is 0 Å². The highest BCUT2D eigenvalue weighted by atomic mass is 19.1. The van der Waals surface area contributed by atoms with Crippen LogP contribution < -0.4 is 0 Å². The average Bonchev–Trinajstić information content (AvgIpc) is 2.93. The molecule has 2 atom stereocenters. The molecule has 2 aliphatic heterocycles. The van der Waals surface area contributed by atoms with Crippen LogP contribution in [0.2, 0.25) is 0 Å². The predicted molar refractivity (Wildman–Crippen MR) is 99.0 cm³/mol. The lowest BCUT2D eigenvalue weighted by Crippen LogP contribution is -2.43. The highest BCUT2D eigenvalue weighted by Crippen LogP contribution is 2.39. The molecule has 2 aromatic carbocycles. The zero-order valence-corrected chi connectivity index (χ0v) is 14.8. The van der Waals surface area contributed by atoms with Crippen molar-refractivity contribution in [3.05, 3.63) is 77.1 Å². The molecule has 2 aliphatic rings. The third-order valence-electron chi connectivity index (χ3n) is 5.35. The number of nitrogens with zero attached hydrogens (tertiary/aromatic N) is 1. The topological polar surface area (TPSA) is 29.5 Å². The molecule has 1 fully saturated rings. The highest BCUT2D eigenvalue weighted by molar-refractivity contribution is 5.75. The van der Waals surface area contributed by atoms with E-state index in [4.69, 9.17) is 4.74 Å². The Hall–Kier alpha value is -2.62. The summed E-state index contributed by atoms with van der Waals surface area (Å²) in [4.78, 5) is 14.4. The first kappa shape index (κ1) is 16.8. The van der Waals surface area contributed by atoms with Crippen molar-refractivity contribution in [3.63, 3.8) is 0 Å². The number of amides is 1. The van der Waals surface area contributed by atoms with Gasteiger partial charge in [-0.05, 0) is 42.9 Å². The number of halogens is 1. The SMILES string of the molecule is Cc1cccc(C2=CC3CCC(C2)N3C(=O)OCc2ccccc2)c1F. The van der Waals surface area contributed by atoms with E-state index in [0.29, 0.717) is 17.5 Å². The fourth-order valence-corrected chi connectivity index (χ4v) is 4.00. The summed E-state index contributed by atoms with van der Waals surface area (Å²) in [6.45, 7) is 2.06. The number of rotatable bonds is 3. The second-order valence-electron chi connectivity index (χ2n) is 7.08. The Morgan fingerprint density at radius 2 is 1.96 bits per heavy atom. The molecule has 3 nitrogen and oxygen atoms in total. The van der Waals surface area contributed by atoms with Crippen molar-refractivity contribution in [2.75, 3.05) is 0 Å². The largest absolute Gasteiger partial charge is 0.445 e. The summed E-state index contributed by atoms with van der Waals surface area (Å²) >= 11 is 0. The van der Waals surface area contributed by atoms with Crippen molar-refractivity contribution in [2.45, 2.75) is 44.9 Å². The number of benzene rings is 2. The van der Waals surface area contributed by atoms with Gasteiger partial charge in [0.1, 0.15) is 12.4 Å². The van der Waals surface area contributed by atoms with Crippen LogP contribution in [0.15, 0.2) is 54.6 Å². The number of carbonyl (C=O) groups is 1. The van der Waals surface area contributed by atoms with E-state index in [1.54, 1.807) is 13.0 Å². The van der Waals surface area contributed by atoms with Crippen molar-refractivity contribution in [1.82, 2.24) is 4.90 Å². The van der Waals surface area contributed by atoms with Crippen LogP contribution in [0, 0.1) is 12.7 Å². The molecule has 4 heteroatoms. The first-order valence-electron chi connectivity index (χ1n) is 9.08.